The molecule has 0 aliphatic heterocycles. The summed E-state index contributed by atoms with van der Waals surface area (Å²) in [5.41, 5.74) is 1.20. The van der Waals surface area contributed by atoms with E-state index < -0.39 is 6.29 Å². The van der Waals surface area contributed by atoms with Gasteiger partial charge in [0.1, 0.15) is 24.1 Å². The highest BCUT2D eigenvalue weighted by molar-refractivity contribution is 8.02. The van der Waals surface area contributed by atoms with E-state index in [0.717, 1.165) is 29.8 Å². The summed E-state index contributed by atoms with van der Waals surface area (Å²) in [4.78, 5) is 21.5. The zero-order valence-electron chi connectivity index (χ0n) is 14.6. The second-order valence-corrected chi connectivity index (χ2v) is 7.85. The Kier molecular flexibility index (Phi) is 9.14. The molecule has 138 valence electrons. The number of thioether (sulfide) groups is 2. The highest BCUT2D eigenvalue weighted by Crippen LogP contribution is 2.20. The molecule has 0 aromatic heterocycles. The van der Waals surface area contributed by atoms with Gasteiger partial charge in [-0.3, -0.25) is 9.59 Å². The molecule has 2 rings (SSSR count). The lowest BCUT2D eigenvalue weighted by Crippen LogP contribution is -2.27. The lowest BCUT2D eigenvalue weighted by atomic mass is 10.2. The highest BCUT2D eigenvalue weighted by atomic mass is 32.2. The maximum absolute atomic E-state index is 10.8. The van der Waals surface area contributed by atoms with Crippen molar-refractivity contribution < 1.29 is 19.1 Å². The van der Waals surface area contributed by atoms with Gasteiger partial charge < -0.3 is 9.47 Å². The van der Waals surface area contributed by atoms with Crippen LogP contribution < -0.4 is 9.47 Å². The third-order valence-corrected chi connectivity index (χ3v) is 5.56. The van der Waals surface area contributed by atoms with Crippen molar-refractivity contribution in [2.45, 2.75) is 13.2 Å². The number of hydrogen-bond acceptors (Lipinski definition) is 6. The van der Waals surface area contributed by atoms with Crippen LogP contribution >= 0.6 is 23.5 Å². The third-order valence-electron chi connectivity index (χ3n) is 3.40. The van der Waals surface area contributed by atoms with Crippen LogP contribution in [0.1, 0.15) is 27.6 Å². The Labute approximate surface area is 162 Å². The Morgan fingerprint density at radius 3 is 1.69 bits per heavy atom. The molecule has 0 amide bonds. The molecule has 26 heavy (non-hydrogen) atoms. The first-order valence-electron chi connectivity index (χ1n) is 8.34. The minimum Gasteiger partial charge on any atom is -0.454 e. The molecular formula is C20H22O4S2. The van der Waals surface area contributed by atoms with Crippen molar-refractivity contribution in [3.8, 4) is 11.5 Å². The summed E-state index contributed by atoms with van der Waals surface area (Å²) in [5.74, 6) is 5.20. The van der Waals surface area contributed by atoms with Gasteiger partial charge in [-0.15, -0.1) is 0 Å². The van der Waals surface area contributed by atoms with Crippen molar-refractivity contribution in [3.63, 3.8) is 0 Å². The minimum absolute atomic E-state index is 0.462. The van der Waals surface area contributed by atoms with E-state index in [0.29, 0.717) is 28.4 Å². The summed E-state index contributed by atoms with van der Waals surface area (Å²) < 4.78 is 11.9. The van der Waals surface area contributed by atoms with E-state index in [9.17, 15) is 9.59 Å². The molecule has 0 bridgehead atoms. The number of benzene rings is 2. The van der Waals surface area contributed by atoms with Crippen molar-refractivity contribution in [1.29, 1.82) is 0 Å². The van der Waals surface area contributed by atoms with E-state index in [1.807, 2.05) is 11.8 Å². The monoisotopic (exact) mass is 390 g/mol. The van der Waals surface area contributed by atoms with Gasteiger partial charge in [0.15, 0.2) is 0 Å². The molecule has 6 heteroatoms. The Morgan fingerprint density at radius 1 is 0.808 bits per heavy atom. The zero-order valence-corrected chi connectivity index (χ0v) is 16.3. The van der Waals surface area contributed by atoms with Gasteiger partial charge in [-0.1, -0.05) is 6.92 Å². The van der Waals surface area contributed by atoms with Crippen LogP contribution in [0.3, 0.4) is 0 Å². The molecule has 0 atom stereocenters. The summed E-state index contributed by atoms with van der Waals surface area (Å²) >= 11 is 3.68. The second-order valence-electron chi connectivity index (χ2n) is 5.31. The van der Waals surface area contributed by atoms with Crippen LogP contribution in [0.25, 0.3) is 0 Å². The van der Waals surface area contributed by atoms with Gasteiger partial charge in [-0.25, -0.2) is 0 Å². The van der Waals surface area contributed by atoms with E-state index in [1.54, 1.807) is 60.3 Å². The maximum Gasteiger partial charge on any atom is 0.250 e. The fraction of sp³-hybridized carbons (Fsp3) is 0.300. The summed E-state index contributed by atoms with van der Waals surface area (Å²) in [6.07, 6.45) is 1.14. The van der Waals surface area contributed by atoms with Crippen molar-refractivity contribution in [1.82, 2.24) is 0 Å². The molecule has 2 aromatic rings. The van der Waals surface area contributed by atoms with Gasteiger partial charge in [0.25, 0.3) is 0 Å². The molecule has 0 heterocycles. The van der Waals surface area contributed by atoms with Gasteiger partial charge in [-0.05, 0) is 54.3 Å². The number of aldehydes is 2. The van der Waals surface area contributed by atoms with Crippen molar-refractivity contribution in [2.75, 3.05) is 23.0 Å². The summed E-state index contributed by atoms with van der Waals surface area (Å²) in [5, 5.41) is 0. The minimum atomic E-state index is -0.462. The van der Waals surface area contributed by atoms with Gasteiger partial charge >= 0.3 is 0 Å². The molecular weight excluding hydrogens is 368 g/mol. The maximum atomic E-state index is 10.8. The predicted octanol–water partition coefficient (Wildman–Crippen LogP) is 4.58. The third kappa shape index (κ3) is 7.14. The predicted molar refractivity (Wildman–Crippen MR) is 109 cm³/mol. The average Bonchev–Trinajstić information content (AvgIpc) is 2.69. The van der Waals surface area contributed by atoms with E-state index in [2.05, 4.69) is 6.92 Å². The lowest BCUT2D eigenvalue weighted by molar-refractivity contribution is 0.0264. The molecule has 2 aromatic carbocycles. The average molecular weight is 391 g/mol. The second kappa shape index (κ2) is 11.6. The van der Waals surface area contributed by atoms with Crippen molar-refractivity contribution >= 4 is 36.1 Å². The van der Waals surface area contributed by atoms with Crippen LogP contribution in [0.2, 0.25) is 0 Å². The quantitative estimate of drug-likeness (QED) is 0.300. The molecule has 0 saturated carbocycles. The van der Waals surface area contributed by atoms with Gasteiger partial charge in [-0.2, -0.15) is 23.5 Å². The van der Waals surface area contributed by atoms with E-state index in [-0.39, 0.29) is 0 Å². The van der Waals surface area contributed by atoms with E-state index >= 15 is 0 Å². The molecule has 0 N–H and O–H groups in total. The Bertz CT molecular complexity index is 618. The fourth-order valence-corrected chi connectivity index (χ4v) is 3.81. The first-order valence-corrected chi connectivity index (χ1v) is 10.7. The first kappa shape index (κ1) is 20.4. The van der Waals surface area contributed by atoms with E-state index in [4.69, 9.17) is 9.47 Å². The van der Waals surface area contributed by atoms with Gasteiger partial charge in [0.05, 0.1) is 5.75 Å². The molecule has 0 aliphatic rings. The van der Waals surface area contributed by atoms with Crippen LogP contribution in [0.5, 0.6) is 11.5 Å². The number of ether oxygens (including phenoxy) is 2. The SMILES string of the molecule is CCSCCSCC(Oc1ccc(C=O)cc1)Oc1ccc(C=O)cc1. The standard InChI is InChI=1S/C20H22O4S2/c1-2-25-11-12-26-15-20(23-18-7-3-16(13-21)4-8-18)24-19-9-5-17(14-22)6-10-19/h3-10,13-14,20H,2,11-12,15H2,1H3. The Morgan fingerprint density at radius 2 is 1.27 bits per heavy atom. The van der Waals surface area contributed by atoms with Crippen LogP contribution in [-0.4, -0.2) is 41.9 Å². The molecule has 0 saturated heterocycles. The van der Waals surface area contributed by atoms with Crippen LogP contribution in [0, 0.1) is 0 Å². The molecule has 0 radical (unpaired) electrons. The first-order chi connectivity index (χ1) is 12.7. The Hall–Kier alpha value is -1.92. The van der Waals surface area contributed by atoms with Crippen LogP contribution in [-0.2, 0) is 0 Å². The van der Waals surface area contributed by atoms with Crippen LogP contribution in [0.4, 0.5) is 0 Å². The summed E-state index contributed by atoms with van der Waals surface area (Å²) in [7, 11) is 0. The highest BCUT2D eigenvalue weighted by Gasteiger charge is 2.13. The van der Waals surface area contributed by atoms with Gasteiger partial charge in [0, 0.05) is 22.6 Å². The fourth-order valence-electron chi connectivity index (χ4n) is 2.09. The van der Waals surface area contributed by atoms with E-state index in [1.165, 1.54) is 0 Å². The Balaban J connectivity index is 1.98. The summed E-state index contributed by atoms with van der Waals surface area (Å²) in [6.45, 7) is 2.15. The smallest absolute Gasteiger partial charge is 0.250 e. The molecule has 0 spiro atoms. The largest absolute Gasteiger partial charge is 0.454 e. The van der Waals surface area contributed by atoms with Crippen molar-refractivity contribution in [3.05, 3.63) is 59.7 Å². The normalized spacial score (nSPS) is 10.5. The summed E-state index contributed by atoms with van der Waals surface area (Å²) in [6, 6.07) is 13.9. The molecule has 0 aliphatic carbocycles. The number of rotatable bonds is 12. The number of carbonyl (C=O) groups excluding carboxylic acids is 2. The lowest BCUT2D eigenvalue weighted by Gasteiger charge is -2.20. The topological polar surface area (TPSA) is 52.6 Å². The molecule has 4 nitrogen and oxygen atoms in total. The zero-order chi connectivity index (χ0) is 18.6. The molecule has 0 unspecified atom stereocenters. The molecule has 0 fully saturated rings. The van der Waals surface area contributed by atoms with Gasteiger partial charge in [0.2, 0.25) is 6.29 Å². The number of hydrogen-bond donors (Lipinski definition) is 0. The van der Waals surface area contributed by atoms with Crippen molar-refractivity contribution in [2.24, 2.45) is 0 Å². The van der Waals surface area contributed by atoms with Crippen LogP contribution in [0.15, 0.2) is 48.5 Å². The number of carbonyl (C=O) groups is 2.